The number of rotatable bonds is 5. The molecule has 4 heterocycles. The summed E-state index contributed by atoms with van der Waals surface area (Å²) in [5, 5.41) is 0.715. The van der Waals surface area contributed by atoms with Crippen molar-refractivity contribution < 1.29 is 0 Å². The highest BCUT2D eigenvalue weighted by atomic mass is 32.2. The van der Waals surface area contributed by atoms with Gasteiger partial charge < -0.3 is 9.47 Å². The number of aromatic nitrogens is 6. The van der Waals surface area contributed by atoms with Crippen molar-refractivity contribution in [3.05, 3.63) is 73.7 Å². The Balaban J connectivity index is 1.52. The third-order valence-corrected chi connectivity index (χ3v) is 6.74. The van der Waals surface area contributed by atoms with Gasteiger partial charge in [0.05, 0.1) is 0 Å². The van der Waals surface area contributed by atoms with Crippen molar-refractivity contribution >= 4 is 28.9 Å². The number of H-pyrrole nitrogens is 1. The fraction of sp³-hybridized carbons (Fsp3) is 0.348. The van der Waals surface area contributed by atoms with E-state index in [1.54, 1.807) is 18.8 Å². The molecule has 1 aliphatic rings. The number of aromatic amines is 1. The van der Waals surface area contributed by atoms with E-state index in [9.17, 15) is 9.59 Å². The fourth-order valence-electron chi connectivity index (χ4n) is 4.33. The topological polar surface area (TPSA) is 102 Å². The number of nitrogens with one attached hydrogen (secondary N) is 1. The molecule has 0 amide bonds. The fourth-order valence-corrected chi connectivity index (χ4v) is 5.20. The molecule has 0 spiro atoms. The lowest BCUT2D eigenvalue weighted by atomic mass is 10.0. The van der Waals surface area contributed by atoms with Gasteiger partial charge in [0.25, 0.3) is 5.56 Å². The molecular formula is C23H25N7O2S. The number of anilines is 1. The van der Waals surface area contributed by atoms with Gasteiger partial charge in [-0.25, -0.2) is 14.8 Å². The SMILES string of the molecule is Cc1cc(C)nc(SCCn2c(N3CCc4ccccc4C3)nc3c2c(=O)[nH]c(=O)n3C)n1. The maximum atomic E-state index is 12.8. The maximum Gasteiger partial charge on any atom is 0.329 e. The molecule has 9 nitrogen and oxygen atoms in total. The van der Waals surface area contributed by atoms with E-state index in [4.69, 9.17) is 4.98 Å². The van der Waals surface area contributed by atoms with E-state index in [0.29, 0.717) is 41.1 Å². The molecule has 1 N–H and O–H groups in total. The van der Waals surface area contributed by atoms with Gasteiger partial charge in [-0.2, -0.15) is 4.98 Å². The molecular weight excluding hydrogens is 438 g/mol. The van der Waals surface area contributed by atoms with E-state index in [1.165, 1.54) is 15.7 Å². The summed E-state index contributed by atoms with van der Waals surface area (Å²) in [6.45, 7) is 5.94. The number of aryl methyl sites for hydroxylation is 4. The van der Waals surface area contributed by atoms with Crippen molar-refractivity contribution in [1.29, 1.82) is 0 Å². The summed E-state index contributed by atoms with van der Waals surface area (Å²) in [6, 6.07) is 10.3. The summed E-state index contributed by atoms with van der Waals surface area (Å²) in [4.78, 5) is 43.4. The van der Waals surface area contributed by atoms with Crippen LogP contribution in [0.1, 0.15) is 22.5 Å². The number of thioether (sulfide) groups is 1. The second-order valence-electron chi connectivity index (χ2n) is 8.28. The number of hydrogen-bond donors (Lipinski definition) is 1. The summed E-state index contributed by atoms with van der Waals surface area (Å²) in [5.74, 6) is 1.36. The molecule has 0 unspecified atom stereocenters. The number of benzene rings is 1. The first-order valence-electron chi connectivity index (χ1n) is 10.9. The highest BCUT2D eigenvalue weighted by molar-refractivity contribution is 7.99. The van der Waals surface area contributed by atoms with Crippen molar-refractivity contribution in [2.24, 2.45) is 7.05 Å². The van der Waals surface area contributed by atoms with Crippen LogP contribution in [-0.2, 0) is 26.6 Å². The van der Waals surface area contributed by atoms with Crippen LogP contribution in [0.25, 0.3) is 11.2 Å². The van der Waals surface area contributed by atoms with E-state index >= 15 is 0 Å². The van der Waals surface area contributed by atoms with E-state index in [1.807, 2.05) is 30.5 Å². The normalized spacial score (nSPS) is 13.5. The lowest BCUT2D eigenvalue weighted by Crippen LogP contribution is -2.33. The molecule has 0 saturated heterocycles. The Morgan fingerprint density at radius 2 is 1.79 bits per heavy atom. The zero-order valence-electron chi connectivity index (χ0n) is 18.8. The quantitative estimate of drug-likeness (QED) is 0.358. The van der Waals surface area contributed by atoms with Crippen molar-refractivity contribution in [1.82, 2.24) is 29.1 Å². The van der Waals surface area contributed by atoms with Gasteiger partial charge in [0, 0.05) is 43.8 Å². The molecule has 0 saturated carbocycles. The third kappa shape index (κ3) is 4.06. The first-order chi connectivity index (χ1) is 15.9. The highest BCUT2D eigenvalue weighted by Gasteiger charge is 2.24. The second kappa shape index (κ2) is 8.51. The first kappa shape index (κ1) is 21.4. The smallest absolute Gasteiger partial charge is 0.329 e. The standard InChI is InChI=1S/C23H25N7O2S/c1-14-12-15(2)25-21(24-14)33-11-10-30-18-19(28(3)23(32)27-20(18)31)26-22(30)29-9-8-16-6-4-5-7-17(16)13-29/h4-7,12H,8-11,13H2,1-3H3,(H,27,31,32). The molecule has 0 radical (unpaired) electrons. The monoisotopic (exact) mass is 463 g/mol. The van der Waals surface area contributed by atoms with Crippen LogP contribution in [0.3, 0.4) is 0 Å². The molecule has 0 fully saturated rings. The van der Waals surface area contributed by atoms with Gasteiger partial charge in [0.15, 0.2) is 16.3 Å². The van der Waals surface area contributed by atoms with Gasteiger partial charge in [-0.05, 0) is 37.5 Å². The van der Waals surface area contributed by atoms with Crippen LogP contribution in [0.5, 0.6) is 0 Å². The summed E-state index contributed by atoms with van der Waals surface area (Å²) in [5.41, 5.74) is 4.36. The molecule has 0 bridgehead atoms. The summed E-state index contributed by atoms with van der Waals surface area (Å²) in [7, 11) is 1.63. The van der Waals surface area contributed by atoms with Crippen molar-refractivity contribution in [2.45, 2.75) is 38.5 Å². The molecule has 0 aliphatic carbocycles. The third-order valence-electron chi connectivity index (χ3n) is 5.91. The molecule has 1 aromatic carbocycles. The number of imidazole rings is 1. The van der Waals surface area contributed by atoms with E-state index in [2.05, 4.69) is 38.1 Å². The van der Waals surface area contributed by atoms with Crippen molar-refractivity contribution in [3.8, 4) is 0 Å². The number of fused-ring (bicyclic) bond motifs is 2. The van der Waals surface area contributed by atoms with Crippen LogP contribution in [0.15, 0.2) is 45.1 Å². The highest BCUT2D eigenvalue weighted by Crippen LogP contribution is 2.27. The Labute approximate surface area is 194 Å². The summed E-state index contributed by atoms with van der Waals surface area (Å²) >= 11 is 1.54. The minimum atomic E-state index is -0.467. The zero-order chi connectivity index (χ0) is 23.1. The molecule has 1 aliphatic heterocycles. The summed E-state index contributed by atoms with van der Waals surface area (Å²) < 4.78 is 3.33. The minimum absolute atomic E-state index is 0.394. The van der Waals surface area contributed by atoms with Gasteiger partial charge in [0.1, 0.15) is 0 Å². The molecule has 3 aromatic heterocycles. The van der Waals surface area contributed by atoms with Gasteiger partial charge >= 0.3 is 5.69 Å². The minimum Gasteiger partial charge on any atom is -0.338 e. The Hall–Kier alpha value is -3.40. The van der Waals surface area contributed by atoms with E-state index in [-0.39, 0.29) is 0 Å². The Morgan fingerprint density at radius 3 is 2.55 bits per heavy atom. The lowest BCUT2D eigenvalue weighted by molar-refractivity contribution is 0.670. The van der Waals surface area contributed by atoms with Crippen LogP contribution in [0.4, 0.5) is 5.95 Å². The van der Waals surface area contributed by atoms with Crippen LogP contribution < -0.4 is 16.1 Å². The average Bonchev–Trinajstić information content (AvgIpc) is 3.17. The van der Waals surface area contributed by atoms with Crippen molar-refractivity contribution in [3.63, 3.8) is 0 Å². The van der Waals surface area contributed by atoms with Gasteiger partial charge in [-0.15, -0.1) is 0 Å². The molecule has 4 aromatic rings. The van der Waals surface area contributed by atoms with E-state index < -0.39 is 11.2 Å². The molecule has 10 heteroatoms. The number of nitrogens with zero attached hydrogens (tertiary/aromatic N) is 6. The largest absolute Gasteiger partial charge is 0.338 e. The van der Waals surface area contributed by atoms with Crippen LogP contribution in [-0.4, -0.2) is 41.4 Å². The average molecular weight is 464 g/mol. The van der Waals surface area contributed by atoms with Gasteiger partial charge in [-0.3, -0.25) is 14.3 Å². The Morgan fingerprint density at radius 1 is 1.06 bits per heavy atom. The Kier molecular flexibility index (Phi) is 5.53. The first-order valence-corrected chi connectivity index (χ1v) is 11.9. The molecule has 5 rings (SSSR count). The van der Waals surface area contributed by atoms with E-state index in [0.717, 1.165) is 24.4 Å². The Bertz CT molecular complexity index is 1450. The van der Waals surface area contributed by atoms with Gasteiger partial charge in [-0.1, -0.05) is 36.0 Å². The van der Waals surface area contributed by atoms with Crippen LogP contribution in [0.2, 0.25) is 0 Å². The van der Waals surface area contributed by atoms with Crippen LogP contribution >= 0.6 is 11.8 Å². The second-order valence-corrected chi connectivity index (χ2v) is 9.34. The van der Waals surface area contributed by atoms with Gasteiger partial charge in [0.2, 0.25) is 5.95 Å². The maximum absolute atomic E-state index is 12.8. The molecule has 170 valence electrons. The predicted molar refractivity (Wildman–Crippen MR) is 129 cm³/mol. The van der Waals surface area contributed by atoms with Crippen LogP contribution in [0, 0.1) is 13.8 Å². The summed E-state index contributed by atoms with van der Waals surface area (Å²) in [6.07, 6.45) is 0.903. The molecule has 33 heavy (non-hydrogen) atoms. The zero-order valence-corrected chi connectivity index (χ0v) is 19.6. The lowest BCUT2D eigenvalue weighted by Gasteiger charge is -2.30. The molecule has 0 atom stereocenters. The van der Waals surface area contributed by atoms with Crippen molar-refractivity contribution in [2.75, 3.05) is 17.2 Å². The predicted octanol–water partition coefficient (Wildman–Crippen LogP) is 2.19. The number of hydrogen-bond acceptors (Lipinski definition) is 7.